The lowest BCUT2D eigenvalue weighted by Gasteiger charge is -2.26. The summed E-state index contributed by atoms with van der Waals surface area (Å²) in [5.74, 6) is -2.78. The van der Waals surface area contributed by atoms with E-state index in [1.807, 2.05) is 6.92 Å². The van der Waals surface area contributed by atoms with Crippen LogP contribution in [0.25, 0.3) is 0 Å². The first-order valence-corrected chi connectivity index (χ1v) is 12.5. The number of carbonyl (C=O) groups is 3. The molecule has 3 rings (SSSR count). The van der Waals surface area contributed by atoms with Crippen molar-refractivity contribution in [2.24, 2.45) is 10.9 Å². The molecule has 204 valence electrons. The fraction of sp³-hybridized carbons (Fsp3) is 0.407. The molecule has 0 saturated carbocycles. The van der Waals surface area contributed by atoms with Gasteiger partial charge in [-0.1, -0.05) is 31.0 Å². The van der Waals surface area contributed by atoms with E-state index in [4.69, 9.17) is 31.0 Å². The van der Waals surface area contributed by atoms with E-state index >= 15 is 0 Å². The molecule has 0 radical (unpaired) electrons. The van der Waals surface area contributed by atoms with Crippen LogP contribution >= 0.6 is 11.6 Å². The van der Waals surface area contributed by atoms with Gasteiger partial charge in [0, 0.05) is 17.1 Å². The number of amides is 2. The average molecular weight is 548 g/mol. The smallest absolute Gasteiger partial charge is 0.337 e. The number of hydroxylamine groups is 1. The number of ether oxygens (including phenoxy) is 1. The minimum atomic E-state index is -2.78. The van der Waals surface area contributed by atoms with Gasteiger partial charge in [0.1, 0.15) is 11.6 Å². The third-order valence-electron chi connectivity index (χ3n) is 6.44. The molecule has 2 atom stereocenters. The first-order chi connectivity index (χ1) is 19.3. The number of rotatable bonds is 10. The maximum atomic E-state index is 13.8. The summed E-state index contributed by atoms with van der Waals surface area (Å²) in [6.07, 6.45) is 1.37. The van der Waals surface area contributed by atoms with Crippen LogP contribution in [0.3, 0.4) is 0 Å². The molecule has 1 aliphatic rings. The van der Waals surface area contributed by atoms with Crippen LogP contribution in [-0.4, -0.2) is 60.9 Å². The number of aliphatic imine (C=N–C) groups is 1. The predicted molar refractivity (Wildman–Crippen MR) is 144 cm³/mol. The number of nitrogens with two attached hydrogens (primary N) is 1. The first-order valence-electron chi connectivity index (χ1n) is 13.6. The van der Waals surface area contributed by atoms with Crippen molar-refractivity contribution in [3.63, 3.8) is 0 Å². The fourth-order valence-corrected chi connectivity index (χ4v) is 4.74. The number of carboxylic acids is 1. The lowest BCUT2D eigenvalue weighted by molar-refractivity contribution is -0.146. The normalized spacial score (nSPS) is 17.9. The van der Waals surface area contributed by atoms with E-state index in [0.717, 1.165) is 4.90 Å². The summed E-state index contributed by atoms with van der Waals surface area (Å²) >= 11 is 6.18. The van der Waals surface area contributed by atoms with E-state index in [-0.39, 0.29) is 48.9 Å². The molecule has 0 aliphatic carbocycles. The van der Waals surface area contributed by atoms with Crippen LogP contribution in [0.2, 0.25) is 5.02 Å². The number of carboxylic acid groups (broad SMARTS) is 1. The van der Waals surface area contributed by atoms with Crippen LogP contribution < -0.4 is 16.0 Å². The number of benzene rings is 2. The van der Waals surface area contributed by atoms with Crippen molar-refractivity contribution in [3.05, 3.63) is 58.1 Å². The summed E-state index contributed by atoms with van der Waals surface area (Å²) in [5, 5.41) is 9.76. The molecule has 0 aromatic heterocycles. The number of halogens is 1. The van der Waals surface area contributed by atoms with Crippen molar-refractivity contribution in [1.82, 2.24) is 10.4 Å². The third-order valence-corrected chi connectivity index (χ3v) is 6.68. The maximum absolute atomic E-state index is 13.8. The molecule has 1 aliphatic heterocycles. The molecule has 2 aromatic carbocycles. The van der Waals surface area contributed by atoms with Crippen molar-refractivity contribution in [2.45, 2.75) is 38.5 Å². The molecular formula is C27H33ClN4O6. The largest absolute Gasteiger partial charge is 0.496 e. The molecule has 0 bridgehead atoms. The van der Waals surface area contributed by atoms with Gasteiger partial charge in [-0.05, 0) is 60.2 Å². The Morgan fingerprint density at radius 3 is 2.79 bits per heavy atom. The van der Waals surface area contributed by atoms with Gasteiger partial charge in [0.05, 0.1) is 42.8 Å². The number of nitrogen functional groups attached to an aromatic ring is 1. The number of hydrogen-bond donors (Lipinski definition) is 3. The van der Waals surface area contributed by atoms with Crippen LogP contribution in [0, 0.1) is 5.92 Å². The Morgan fingerprint density at radius 1 is 1.34 bits per heavy atom. The molecule has 0 fully saturated rings. The zero-order valence-corrected chi connectivity index (χ0v) is 22.0. The first kappa shape index (κ1) is 24.7. The number of hydrogen-bond acceptors (Lipinski definition) is 8. The molecule has 2 aromatic rings. The number of anilines is 1. The Hall–Kier alpha value is -3.63. The highest BCUT2D eigenvalue weighted by Crippen LogP contribution is 2.30. The average Bonchev–Trinajstić information content (AvgIpc) is 3.05. The summed E-state index contributed by atoms with van der Waals surface area (Å²) in [7, 11) is -1.29. The lowest BCUT2D eigenvalue weighted by Crippen LogP contribution is -2.45. The van der Waals surface area contributed by atoms with Crippen molar-refractivity contribution >= 4 is 40.9 Å². The zero-order valence-electron chi connectivity index (χ0n) is 24.2. The van der Waals surface area contributed by atoms with E-state index in [0.29, 0.717) is 34.7 Å². The van der Waals surface area contributed by atoms with Gasteiger partial charge in [-0.2, -0.15) is 0 Å². The Kier molecular flexibility index (Phi) is 8.61. The van der Waals surface area contributed by atoms with E-state index in [1.54, 1.807) is 24.3 Å². The van der Waals surface area contributed by atoms with Gasteiger partial charge in [0.25, 0.3) is 0 Å². The van der Waals surface area contributed by atoms with Gasteiger partial charge >= 0.3 is 5.97 Å². The Bertz CT molecular complexity index is 1320. The van der Waals surface area contributed by atoms with Crippen LogP contribution in [0.4, 0.5) is 5.69 Å². The summed E-state index contributed by atoms with van der Waals surface area (Å²) in [5.41, 5.74) is 9.58. The molecular weight excluding hydrogens is 512 g/mol. The number of imide groups is 1. The molecule has 1 heterocycles. The number of amidine groups is 1. The van der Waals surface area contributed by atoms with E-state index in [9.17, 15) is 19.5 Å². The number of methoxy groups -OCH3 is 1. The second kappa shape index (κ2) is 13.3. The highest BCUT2D eigenvalue weighted by Gasteiger charge is 2.34. The number of nitrogens with one attached hydrogen (secondary N) is 1. The highest BCUT2D eigenvalue weighted by atomic mass is 35.5. The summed E-state index contributed by atoms with van der Waals surface area (Å²) in [4.78, 5) is 48.9. The van der Waals surface area contributed by atoms with Crippen molar-refractivity contribution in [2.75, 3.05) is 33.0 Å². The molecule has 4 N–H and O–H groups in total. The monoisotopic (exact) mass is 547 g/mol. The van der Waals surface area contributed by atoms with Crippen LogP contribution in [0.15, 0.2) is 41.4 Å². The van der Waals surface area contributed by atoms with Crippen molar-refractivity contribution in [1.29, 1.82) is 0 Å². The quantitative estimate of drug-likeness (QED) is 0.302. The summed E-state index contributed by atoms with van der Waals surface area (Å²) < 4.78 is 27.3. The molecule has 1 unspecified atom stereocenters. The molecule has 2 amide bonds. The summed E-state index contributed by atoms with van der Waals surface area (Å²) in [6, 6.07) is 9.56. The minimum Gasteiger partial charge on any atom is -0.496 e. The highest BCUT2D eigenvalue weighted by molar-refractivity contribution is 6.30. The topological polar surface area (TPSA) is 144 Å². The Labute approximate surface area is 230 Å². The lowest BCUT2D eigenvalue weighted by atomic mass is 9.89. The van der Waals surface area contributed by atoms with Gasteiger partial charge < -0.3 is 15.6 Å². The van der Waals surface area contributed by atoms with Gasteiger partial charge in [-0.25, -0.2) is 4.79 Å². The zero-order chi connectivity index (χ0) is 30.3. The van der Waals surface area contributed by atoms with Crippen LogP contribution in [0.5, 0.6) is 5.75 Å². The second-order valence-electron chi connectivity index (χ2n) is 9.01. The number of carbonyl (C=O) groups excluding carboxylic acids is 2. The van der Waals surface area contributed by atoms with Gasteiger partial charge in [0.2, 0.25) is 11.8 Å². The van der Waals surface area contributed by atoms with E-state index in [2.05, 4.69) is 10.5 Å². The van der Waals surface area contributed by atoms with Crippen LogP contribution in [0.1, 0.15) is 57.7 Å². The van der Waals surface area contributed by atoms with E-state index in [1.165, 1.54) is 19.2 Å². The van der Waals surface area contributed by atoms with E-state index < -0.39 is 30.7 Å². The minimum absolute atomic E-state index is 0.00508. The molecule has 11 heteroatoms. The SMILES string of the molecule is [2H]C([2H])([2H])ONC1=NCC(Cc2cc(Cl)ccc2OC)C(=O)N(C(=O)C[C@H](CCC)c2ccc(C(=O)O)c(N)c2)C1. The Morgan fingerprint density at radius 2 is 2.13 bits per heavy atom. The van der Waals surface area contributed by atoms with Crippen LogP contribution in [-0.2, 0) is 20.8 Å². The van der Waals surface area contributed by atoms with Gasteiger partial charge in [-0.3, -0.25) is 29.8 Å². The standard InChI is InChI=1S/C27H33ClN4O6/c1-4-5-16(17-6-8-21(27(35)36)22(29)12-17)13-25(33)32-15-24(31-38-3)30-14-19(26(32)34)10-18-11-20(28)7-9-23(18)37-2/h6-9,11-12,16,19H,4-5,10,13-15,29H2,1-3H3,(H,30,31)(H,35,36)/t16-,19?/m0/s1/i3D3. The maximum Gasteiger partial charge on any atom is 0.337 e. The third kappa shape index (κ3) is 7.02. The number of nitrogens with zero attached hydrogens (tertiary/aromatic N) is 2. The molecule has 0 spiro atoms. The van der Waals surface area contributed by atoms with Crippen molar-refractivity contribution < 1.29 is 33.2 Å². The fourth-order valence-electron chi connectivity index (χ4n) is 4.54. The van der Waals surface area contributed by atoms with Crippen molar-refractivity contribution in [3.8, 4) is 5.75 Å². The molecule has 38 heavy (non-hydrogen) atoms. The molecule has 0 saturated heterocycles. The Balaban J connectivity index is 1.91. The van der Waals surface area contributed by atoms with Gasteiger partial charge in [0.15, 0.2) is 0 Å². The molecule has 10 nitrogen and oxygen atoms in total. The predicted octanol–water partition coefficient (Wildman–Crippen LogP) is 3.68. The number of aromatic carboxylic acids is 1. The summed E-state index contributed by atoms with van der Waals surface area (Å²) in [6.45, 7) is 1.57. The second-order valence-corrected chi connectivity index (χ2v) is 9.44. The van der Waals surface area contributed by atoms with Gasteiger partial charge in [-0.15, -0.1) is 0 Å².